The zero-order chi connectivity index (χ0) is 46.9. The Morgan fingerprint density at radius 2 is 0.642 bits per heavy atom. The summed E-state index contributed by atoms with van der Waals surface area (Å²) < 4.78 is 139. The van der Waals surface area contributed by atoms with Crippen molar-refractivity contribution in [1.82, 2.24) is 10.6 Å². The van der Waals surface area contributed by atoms with Gasteiger partial charge in [-0.2, -0.15) is 0 Å². The van der Waals surface area contributed by atoms with Crippen LogP contribution in [0.2, 0.25) is 0 Å². The Bertz CT molecular complexity index is 2480. The first kappa shape index (κ1) is 66.5. The van der Waals surface area contributed by atoms with Gasteiger partial charge in [0.05, 0.1) is 26.3 Å². The topological polar surface area (TPSA) is 287 Å². The van der Waals surface area contributed by atoms with Gasteiger partial charge >= 0.3 is 118 Å². The fourth-order valence-corrected chi connectivity index (χ4v) is 9.63. The van der Waals surface area contributed by atoms with Gasteiger partial charge in [0.25, 0.3) is 0 Å². The van der Waals surface area contributed by atoms with E-state index in [4.69, 9.17) is 0 Å². The summed E-state index contributed by atoms with van der Waals surface area (Å²) in [5, 5.41) is 5.61. The van der Waals surface area contributed by atoms with E-state index in [2.05, 4.69) is 10.6 Å². The quantitative estimate of drug-likeness (QED) is 0.0421. The zero-order valence-electron chi connectivity index (χ0n) is 39.0. The number of benzene rings is 4. The number of rotatable bonds is 22. The standard InChI is InChI=1S/C43H54N2O14S4.4Na/c1-5-30(34-11-19-40(20-12-34)62(54,55)56)25-36(23-28(3)32-7-15-38(16-8-32)60(48,49)50)42(46)44-27-45-43(47)37(24-29(4)33-9-17-39(18-10-33)61(51,52)53)26-31(6-2)35-13-21-41(22-14-35)63(57,58)59;;;;/h7-22,28-31,36-37H,5-6,23-27H2,1-4H3,(H,44,46)(H,45,47)(H,48,49,50)(H,51,52,53)(H,54,55,56)(H,57,58,59);;;;/q;4*+1/p-4. The third-order valence-electron chi connectivity index (χ3n) is 11.4. The Labute approximate surface area is 483 Å². The molecule has 344 valence electrons. The molecule has 0 aliphatic carbocycles. The fourth-order valence-electron chi connectivity index (χ4n) is 7.76. The second-order valence-corrected chi connectivity index (χ2v) is 21.2. The Hall–Kier alpha value is -0.540. The normalized spacial score (nSPS) is 14.4. The van der Waals surface area contributed by atoms with Gasteiger partial charge in [0.2, 0.25) is 11.8 Å². The van der Waals surface area contributed by atoms with Gasteiger partial charge in [0.15, 0.2) is 0 Å². The van der Waals surface area contributed by atoms with Gasteiger partial charge < -0.3 is 28.8 Å². The van der Waals surface area contributed by atoms with Gasteiger partial charge in [-0.25, -0.2) is 33.7 Å². The monoisotopic (exact) mass is 1040 g/mol. The molecule has 2 amide bonds. The van der Waals surface area contributed by atoms with Crippen LogP contribution in [0.25, 0.3) is 0 Å². The molecule has 0 saturated carbocycles. The van der Waals surface area contributed by atoms with E-state index >= 15 is 0 Å². The Kier molecular flexibility index (Phi) is 29.0. The first-order valence-corrected chi connectivity index (χ1v) is 25.7. The average Bonchev–Trinajstić information content (AvgIpc) is 3.22. The molecule has 0 saturated heterocycles. The first-order valence-electron chi connectivity index (χ1n) is 20.1. The maximum absolute atomic E-state index is 14.0. The molecule has 0 bridgehead atoms. The molecule has 2 N–H and O–H groups in total. The van der Waals surface area contributed by atoms with Crippen molar-refractivity contribution in [1.29, 1.82) is 0 Å². The summed E-state index contributed by atoms with van der Waals surface area (Å²) in [6.07, 6.45) is 2.05. The molecule has 16 nitrogen and oxygen atoms in total. The van der Waals surface area contributed by atoms with Gasteiger partial charge in [0, 0.05) is 11.8 Å². The summed E-state index contributed by atoms with van der Waals surface area (Å²) in [7, 11) is -18.8. The molecule has 0 radical (unpaired) electrons. The average molecular weight is 1040 g/mol. The largest absolute Gasteiger partial charge is 1.00 e. The van der Waals surface area contributed by atoms with E-state index in [1.165, 1.54) is 97.1 Å². The molecule has 0 aromatic heterocycles. The van der Waals surface area contributed by atoms with Crippen molar-refractivity contribution in [3.8, 4) is 0 Å². The number of carbonyl (C=O) groups excluding carboxylic acids is 2. The van der Waals surface area contributed by atoms with Crippen LogP contribution in [0, 0.1) is 11.8 Å². The molecule has 4 rings (SSSR count). The van der Waals surface area contributed by atoms with Crippen molar-refractivity contribution in [3.05, 3.63) is 119 Å². The minimum atomic E-state index is -4.69. The van der Waals surface area contributed by atoms with Gasteiger partial charge in [-0.05, 0) is 133 Å². The van der Waals surface area contributed by atoms with Crippen LogP contribution in [0.15, 0.2) is 117 Å². The van der Waals surface area contributed by atoms with Crippen LogP contribution >= 0.6 is 0 Å². The minimum absolute atomic E-state index is 0. The molecule has 0 aliphatic heterocycles. The van der Waals surface area contributed by atoms with Gasteiger partial charge in [-0.3, -0.25) is 9.59 Å². The third kappa shape index (κ3) is 20.5. The molecule has 0 spiro atoms. The predicted molar refractivity (Wildman–Crippen MR) is 227 cm³/mol. The summed E-state index contributed by atoms with van der Waals surface area (Å²) in [6, 6.07) is 21.6. The summed E-state index contributed by atoms with van der Waals surface area (Å²) >= 11 is 0. The number of nitrogens with one attached hydrogen (secondary N) is 2. The maximum Gasteiger partial charge on any atom is 1.00 e. The molecule has 0 heterocycles. The molecule has 67 heavy (non-hydrogen) atoms. The van der Waals surface area contributed by atoms with Crippen molar-refractivity contribution in [2.75, 3.05) is 6.67 Å². The minimum Gasteiger partial charge on any atom is -0.744 e. The number of amides is 2. The van der Waals surface area contributed by atoms with Crippen LogP contribution in [0.4, 0.5) is 0 Å². The van der Waals surface area contributed by atoms with Crippen molar-refractivity contribution in [3.63, 3.8) is 0 Å². The van der Waals surface area contributed by atoms with E-state index in [0.29, 0.717) is 35.1 Å². The van der Waals surface area contributed by atoms with Crippen LogP contribution in [0.1, 0.15) is 112 Å². The predicted octanol–water partition coefficient (Wildman–Crippen LogP) is -6.40. The smallest absolute Gasteiger partial charge is 0.744 e. The van der Waals surface area contributed by atoms with E-state index in [-0.39, 0.29) is 174 Å². The maximum atomic E-state index is 14.0. The molecular weight excluding hydrogens is 989 g/mol. The van der Waals surface area contributed by atoms with Crippen LogP contribution in [-0.2, 0) is 50.1 Å². The molecule has 0 aliphatic rings. The Morgan fingerprint density at radius 1 is 0.418 bits per heavy atom. The number of carbonyl (C=O) groups is 2. The number of hydrogen-bond donors (Lipinski definition) is 2. The van der Waals surface area contributed by atoms with E-state index in [1.807, 2.05) is 27.7 Å². The Morgan fingerprint density at radius 3 is 0.851 bits per heavy atom. The zero-order valence-corrected chi connectivity index (χ0v) is 50.3. The van der Waals surface area contributed by atoms with Crippen LogP contribution < -0.4 is 129 Å². The number of hydrogen-bond acceptors (Lipinski definition) is 14. The summed E-state index contributed by atoms with van der Waals surface area (Å²) in [5.41, 5.74) is 2.68. The van der Waals surface area contributed by atoms with Crippen molar-refractivity contribution in [2.45, 2.75) is 109 Å². The van der Waals surface area contributed by atoms with E-state index in [0.717, 1.165) is 0 Å². The van der Waals surface area contributed by atoms with E-state index in [1.54, 1.807) is 0 Å². The van der Waals surface area contributed by atoms with Crippen LogP contribution in [0.5, 0.6) is 0 Å². The van der Waals surface area contributed by atoms with Gasteiger partial charge in [-0.1, -0.05) is 76.2 Å². The van der Waals surface area contributed by atoms with Crippen molar-refractivity contribution in [2.24, 2.45) is 11.8 Å². The molecule has 4 aromatic rings. The molecule has 4 aromatic carbocycles. The van der Waals surface area contributed by atoms with Gasteiger partial charge in [0.1, 0.15) is 40.5 Å². The van der Waals surface area contributed by atoms with Crippen molar-refractivity contribution < 1.29 is 180 Å². The molecule has 6 atom stereocenters. The molecule has 6 unspecified atom stereocenters. The molecule has 24 heteroatoms. The second kappa shape index (κ2) is 29.2. The third-order valence-corrected chi connectivity index (χ3v) is 14.8. The van der Waals surface area contributed by atoms with Gasteiger partial charge in [-0.15, -0.1) is 0 Å². The molecular formula is C43H50N2Na4O14S4. The Balaban J connectivity index is 0.0000109. The van der Waals surface area contributed by atoms with Crippen LogP contribution in [0.3, 0.4) is 0 Å². The second-order valence-electron chi connectivity index (χ2n) is 15.7. The van der Waals surface area contributed by atoms with Crippen molar-refractivity contribution >= 4 is 52.3 Å². The summed E-state index contributed by atoms with van der Waals surface area (Å²) in [4.78, 5) is 26.5. The fraction of sp³-hybridized carbons (Fsp3) is 0.395. The van der Waals surface area contributed by atoms with E-state index in [9.17, 15) is 61.5 Å². The summed E-state index contributed by atoms with van der Waals surface area (Å²) in [5.74, 6) is -3.50. The van der Waals surface area contributed by atoms with Crippen LogP contribution in [-0.4, -0.2) is 70.4 Å². The SMILES string of the molecule is CCC(CC(CC(C)c1ccc(S(=O)(=O)[O-])cc1)C(=O)NCNC(=O)C(CC(C)c1ccc(S(=O)(=O)[O-])cc1)CC(CC)c1ccc(S(=O)(=O)[O-])cc1)c1ccc(S(=O)(=O)[O-])cc1.[Na+].[Na+].[Na+].[Na+]. The first-order chi connectivity index (χ1) is 29.3. The molecule has 0 fully saturated rings. The summed E-state index contributed by atoms with van der Waals surface area (Å²) in [6.45, 7) is 7.13. The van der Waals surface area contributed by atoms with E-state index < -0.39 is 83.7 Å².